The lowest BCUT2D eigenvalue weighted by molar-refractivity contribution is -0.122. The van der Waals surface area contributed by atoms with Crippen molar-refractivity contribution in [2.24, 2.45) is 17.4 Å². The number of carbonyl (C=O) groups is 2. The predicted octanol–water partition coefficient (Wildman–Crippen LogP) is 1.58. The van der Waals surface area contributed by atoms with Crippen LogP contribution in [0.3, 0.4) is 0 Å². The molecule has 29 heavy (non-hydrogen) atoms. The Bertz CT molecular complexity index is 412. The van der Waals surface area contributed by atoms with Crippen LogP contribution in [0.25, 0.3) is 0 Å². The van der Waals surface area contributed by atoms with Crippen LogP contribution in [0.1, 0.15) is 64.7 Å². The highest BCUT2D eigenvalue weighted by Gasteiger charge is 2.20. The zero-order valence-corrected chi connectivity index (χ0v) is 18.3. The number of primary amides is 1. The third kappa shape index (κ3) is 12.7. The Balaban J connectivity index is 0.000000223. The smallest absolute Gasteiger partial charge is 0.409 e. The number of hydrogen-bond donors (Lipinski definition) is 4. The van der Waals surface area contributed by atoms with Gasteiger partial charge in [0, 0.05) is 25.0 Å². The molecular formula is C21H43N5O3. The SMILES string of the molecule is C1CCCNCCC1.CCOC(=O)N1CCC(N)CC1.NC(=O)C1CCNCC1. The second kappa shape index (κ2) is 16.4. The molecule has 0 radical (unpaired) electrons. The lowest BCUT2D eigenvalue weighted by Crippen LogP contribution is -2.43. The molecule has 0 aromatic carbocycles. The Labute approximate surface area is 176 Å². The van der Waals surface area contributed by atoms with Gasteiger partial charge in [0.05, 0.1) is 6.61 Å². The minimum Gasteiger partial charge on any atom is -0.450 e. The molecule has 0 unspecified atom stereocenters. The first kappa shape index (κ1) is 25.7. The number of nitrogens with zero attached hydrogens (tertiary/aromatic N) is 1. The zero-order valence-electron chi connectivity index (χ0n) is 18.3. The molecule has 8 heteroatoms. The molecule has 6 N–H and O–H groups in total. The van der Waals surface area contributed by atoms with Crippen LogP contribution < -0.4 is 22.1 Å². The van der Waals surface area contributed by atoms with E-state index in [4.69, 9.17) is 16.2 Å². The van der Waals surface area contributed by atoms with Crippen molar-refractivity contribution in [2.75, 3.05) is 45.9 Å². The fourth-order valence-electron chi connectivity index (χ4n) is 3.56. The fraction of sp³-hybridized carbons (Fsp3) is 0.905. The van der Waals surface area contributed by atoms with Gasteiger partial charge in [0.1, 0.15) is 0 Å². The lowest BCUT2D eigenvalue weighted by Gasteiger charge is -2.29. The average molecular weight is 414 g/mol. The molecule has 3 rings (SSSR count). The van der Waals surface area contributed by atoms with E-state index >= 15 is 0 Å². The monoisotopic (exact) mass is 413 g/mol. The van der Waals surface area contributed by atoms with Crippen LogP contribution in [-0.2, 0) is 9.53 Å². The molecule has 3 aliphatic rings. The van der Waals surface area contributed by atoms with Crippen molar-refractivity contribution in [3.8, 4) is 0 Å². The molecule has 0 spiro atoms. The van der Waals surface area contributed by atoms with Crippen molar-refractivity contribution in [3.63, 3.8) is 0 Å². The van der Waals surface area contributed by atoms with Crippen molar-refractivity contribution >= 4 is 12.0 Å². The molecule has 3 aliphatic heterocycles. The average Bonchev–Trinajstić information content (AvgIpc) is 2.70. The summed E-state index contributed by atoms with van der Waals surface area (Å²) in [5.41, 5.74) is 10.8. The summed E-state index contributed by atoms with van der Waals surface area (Å²) in [6.45, 7) is 8.11. The standard InChI is InChI=1S/C8H16N2O2.C7H15N.C6H12N2O/c1-2-12-8(11)10-5-3-7(9)4-6-10;1-2-4-6-8-7-5-3-1;7-6(9)5-1-3-8-4-2-5/h7H,2-6,9H2,1H3;8H,1-7H2;5,8H,1-4H2,(H2,7,9). The summed E-state index contributed by atoms with van der Waals surface area (Å²) < 4.78 is 4.86. The van der Waals surface area contributed by atoms with Gasteiger partial charge in [-0.1, -0.05) is 19.3 Å². The topological polar surface area (TPSA) is 123 Å². The molecule has 3 fully saturated rings. The third-order valence-corrected chi connectivity index (χ3v) is 5.51. The molecule has 8 nitrogen and oxygen atoms in total. The Hall–Kier alpha value is -1.38. The van der Waals surface area contributed by atoms with Crippen LogP contribution in [0.15, 0.2) is 0 Å². The molecule has 3 saturated heterocycles. The van der Waals surface area contributed by atoms with Crippen LogP contribution in [0.4, 0.5) is 4.79 Å². The van der Waals surface area contributed by atoms with Crippen LogP contribution in [0.2, 0.25) is 0 Å². The highest BCUT2D eigenvalue weighted by atomic mass is 16.6. The molecule has 0 saturated carbocycles. The molecule has 170 valence electrons. The number of nitrogens with two attached hydrogens (primary N) is 2. The second-order valence-electron chi connectivity index (χ2n) is 7.97. The van der Waals surface area contributed by atoms with E-state index in [0.717, 1.165) is 51.9 Å². The van der Waals surface area contributed by atoms with Gasteiger partial charge in [-0.2, -0.15) is 0 Å². The number of hydrogen-bond acceptors (Lipinski definition) is 6. The number of carbonyl (C=O) groups excluding carboxylic acids is 2. The van der Waals surface area contributed by atoms with Gasteiger partial charge in [-0.15, -0.1) is 0 Å². The van der Waals surface area contributed by atoms with Crippen LogP contribution in [0.5, 0.6) is 0 Å². The molecule has 0 atom stereocenters. The molecular weight excluding hydrogens is 370 g/mol. The normalized spacial score (nSPS) is 21.4. The summed E-state index contributed by atoms with van der Waals surface area (Å²) in [6.07, 6.45) is 10.5. The fourth-order valence-corrected chi connectivity index (χ4v) is 3.56. The van der Waals surface area contributed by atoms with E-state index in [1.165, 1.54) is 45.2 Å². The number of amides is 2. The first-order chi connectivity index (χ1) is 14.0. The second-order valence-corrected chi connectivity index (χ2v) is 7.97. The van der Waals surface area contributed by atoms with Gasteiger partial charge in [-0.25, -0.2) is 4.79 Å². The minimum absolute atomic E-state index is 0.131. The summed E-state index contributed by atoms with van der Waals surface area (Å²) >= 11 is 0. The lowest BCUT2D eigenvalue weighted by atomic mass is 9.98. The van der Waals surface area contributed by atoms with Gasteiger partial charge in [-0.3, -0.25) is 4.79 Å². The van der Waals surface area contributed by atoms with Crippen LogP contribution in [0, 0.1) is 5.92 Å². The van der Waals surface area contributed by atoms with E-state index in [2.05, 4.69) is 10.6 Å². The van der Waals surface area contributed by atoms with Gasteiger partial charge in [0.25, 0.3) is 0 Å². The van der Waals surface area contributed by atoms with E-state index in [1.807, 2.05) is 6.92 Å². The third-order valence-electron chi connectivity index (χ3n) is 5.51. The van der Waals surface area contributed by atoms with Gasteiger partial charge < -0.3 is 31.7 Å². The number of piperidine rings is 2. The molecule has 0 bridgehead atoms. The van der Waals surface area contributed by atoms with Crippen molar-refractivity contribution in [2.45, 2.75) is 70.8 Å². The zero-order chi connectivity index (χ0) is 21.3. The highest BCUT2D eigenvalue weighted by molar-refractivity contribution is 5.76. The van der Waals surface area contributed by atoms with E-state index < -0.39 is 0 Å². The van der Waals surface area contributed by atoms with Crippen molar-refractivity contribution in [1.29, 1.82) is 0 Å². The van der Waals surface area contributed by atoms with Crippen LogP contribution >= 0.6 is 0 Å². The Morgan fingerprint density at radius 3 is 1.90 bits per heavy atom. The minimum atomic E-state index is -0.204. The Morgan fingerprint density at radius 1 is 0.897 bits per heavy atom. The van der Waals surface area contributed by atoms with Crippen molar-refractivity contribution in [1.82, 2.24) is 15.5 Å². The first-order valence-electron chi connectivity index (χ1n) is 11.4. The quantitative estimate of drug-likeness (QED) is 0.545. The summed E-state index contributed by atoms with van der Waals surface area (Å²) in [7, 11) is 0. The van der Waals surface area contributed by atoms with Gasteiger partial charge in [0.15, 0.2) is 0 Å². The van der Waals surface area contributed by atoms with E-state index in [9.17, 15) is 9.59 Å². The summed E-state index contributed by atoms with van der Waals surface area (Å²) in [6, 6.07) is 0.260. The maximum Gasteiger partial charge on any atom is 0.409 e. The van der Waals surface area contributed by atoms with E-state index in [0.29, 0.717) is 6.61 Å². The first-order valence-corrected chi connectivity index (χ1v) is 11.4. The largest absolute Gasteiger partial charge is 0.450 e. The van der Waals surface area contributed by atoms with Crippen molar-refractivity contribution in [3.05, 3.63) is 0 Å². The highest BCUT2D eigenvalue weighted by Crippen LogP contribution is 2.10. The molecule has 2 amide bonds. The maximum atomic E-state index is 11.2. The maximum absolute atomic E-state index is 11.2. The van der Waals surface area contributed by atoms with Crippen LogP contribution in [-0.4, -0.2) is 68.8 Å². The van der Waals surface area contributed by atoms with Gasteiger partial charge in [0.2, 0.25) is 5.91 Å². The van der Waals surface area contributed by atoms with Gasteiger partial charge in [-0.05, 0) is 71.6 Å². The van der Waals surface area contributed by atoms with E-state index in [-0.39, 0.29) is 24.0 Å². The predicted molar refractivity (Wildman–Crippen MR) is 117 cm³/mol. The number of rotatable bonds is 2. The molecule has 3 heterocycles. The van der Waals surface area contributed by atoms with Crippen molar-refractivity contribution < 1.29 is 14.3 Å². The summed E-state index contributed by atoms with van der Waals surface area (Å²) in [5.74, 6) is -0.0113. The number of nitrogens with one attached hydrogen (secondary N) is 2. The molecule has 0 aliphatic carbocycles. The number of ether oxygens (including phenoxy) is 1. The molecule has 0 aromatic heterocycles. The molecule has 0 aromatic rings. The number of likely N-dealkylation sites (tertiary alicyclic amines) is 1. The summed E-state index contributed by atoms with van der Waals surface area (Å²) in [4.78, 5) is 23.4. The summed E-state index contributed by atoms with van der Waals surface area (Å²) in [5, 5.41) is 6.55. The Morgan fingerprint density at radius 2 is 1.41 bits per heavy atom. The van der Waals surface area contributed by atoms with E-state index in [1.54, 1.807) is 4.90 Å². The van der Waals surface area contributed by atoms with Gasteiger partial charge >= 0.3 is 6.09 Å². The Kier molecular flexibility index (Phi) is 14.5.